The molecule has 0 aliphatic carbocycles. The van der Waals surface area contributed by atoms with Crippen molar-refractivity contribution in [3.63, 3.8) is 0 Å². The second kappa shape index (κ2) is 26.8. The lowest BCUT2D eigenvalue weighted by Gasteiger charge is -2.37. The summed E-state index contributed by atoms with van der Waals surface area (Å²) in [5.74, 6) is 0. The van der Waals surface area contributed by atoms with Crippen LogP contribution in [0.5, 0.6) is 0 Å². The van der Waals surface area contributed by atoms with Gasteiger partial charge in [0.05, 0.1) is 0 Å². The van der Waals surface area contributed by atoms with Gasteiger partial charge in [-0.3, -0.25) is 0 Å². The molecule has 3 saturated heterocycles. The Morgan fingerprint density at radius 1 is 0.490 bits per heavy atom. The molecule has 302 valence electrons. The zero-order valence-corrected chi connectivity index (χ0v) is 51.8. The molecule has 0 saturated carbocycles. The van der Waals surface area contributed by atoms with Crippen molar-refractivity contribution in [2.24, 2.45) is 0 Å². The molecule has 0 spiro atoms. The van der Waals surface area contributed by atoms with Crippen LogP contribution in [0.1, 0.15) is 25.7 Å². The van der Waals surface area contributed by atoms with E-state index in [1.165, 1.54) is 0 Å². The van der Waals surface area contributed by atoms with Gasteiger partial charge in [-0.25, -0.2) is 0 Å². The third-order valence-electron chi connectivity index (χ3n) is 8.28. The van der Waals surface area contributed by atoms with Crippen molar-refractivity contribution in [2.45, 2.75) is 127 Å². The van der Waals surface area contributed by atoms with E-state index < -0.39 is 149 Å². The molecule has 7 atom stereocenters. The summed E-state index contributed by atoms with van der Waals surface area (Å²) in [6, 6.07) is 6.05. The summed E-state index contributed by atoms with van der Waals surface area (Å²) in [5, 5.41) is 0. The first-order valence-corrected chi connectivity index (χ1v) is 50.0. The first-order chi connectivity index (χ1) is 24.3. The molecule has 15 nitrogen and oxygen atoms in total. The van der Waals surface area contributed by atoms with Gasteiger partial charge in [-0.2, -0.15) is 0 Å². The van der Waals surface area contributed by atoms with Crippen LogP contribution in [0, 0.1) is 0 Å². The normalized spacial score (nSPS) is 38.8. The minimum Gasteiger partial charge on any atom is -0.446 e. The molecule has 3 aliphatic heterocycles. The van der Waals surface area contributed by atoms with E-state index in [4.69, 9.17) is 61.7 Å². The fourth-order valence-corrected chi connectivity index (χ4v) is 57.4. The third-order valence-corrected chi connectivity index (χ3v) is 57.5. The molecule has 51 heavy (non-hydrogen) atoms. The molecule has 31 heteroatoms. The van der Waals surface area contributed by atoms with E-state index in [0.717, 1.165) is 61.9 Å². The summed E-state index contributed by atoms with van der Waals surface area (Å²) in [6.45, 7) is 21.0. The number of unbranched alkanes of at least 4 members (excludes halogenated alkanes) is 3. The molecule has 0 aromatic heterocycles. The maximum Gasteiger partial charge on any atom is 0.316 e. The molecule has 3 heterocycles. The zero-order chi connectivity index (χ0) is 37.2. The molecule has 7 unspecified atom stereocenters. The molecule has 3 aliphatic rings. The lowest BCUT2D eigenvalue weighted by Crippen LogP contribution is -2.52. The Kier molecular flexibility index (Phi) is 25.3. The van der Waals surface area contributed by atoms with Crippen molar-refractivity contribution in [3.8, 4) is 0 Å². The van der Waals surface area contributed by atoms with Crippen molar-refractivity contribution >= 4 is 149 Å². The average molecular weight is 998 g/mol. The summed E-state index contributed by atoms with van der Waals surface area (Å²) in [6.07, 6.45) is 4.53. The first-order valence-electron chi connectivity index (χ1n) is 19.0. The monoisotopic (exact) mass is 996 g/mol. The van der Waals surface area contributed by atoms with Crippen molar-refractivity contribution in [1.82, 2.24) is 0 Å². The molecule has 0 bridgehead atoms. The maximum absolute atomic E-state index is 6.60. The summed E-state index contributed by atoms with van der Waals surface area (Å²) < 4.78 is 93.7. The molecule has 0 radical (unpaired) electrons. The second-order valence-electron chi connectivity index (χ2n) is 13.4. The largest absolute Gasteiger partial charge is 0.446 e. The first kappa shape index (κ1) is 48.2. The van der Waals surface area contributed by atoms with Crippen molar-refractivity contribution < 1.29 is 61.7 Å². The fourth-order valence-electron chi connectivity index (χ4n) is 6.26. The predicted molar refractivity (Wildman–Crippen MR) is 239 cm³/mol. The van der Waals surface area contributed by atoms with Crippen LogP contribution >= 0.6 is 0 Å². The van der Waals surface area contributed by atoms with Crippen molar-refractivity contribution in [1.29, 1.82) is 0 Å². The highest BCUT2D eigenvalue weighted by Gasteiger charge is 2.39. The molecule has 0 N–H and O–H groups in total. The van der Waals surface area contributed by atoms with Crippen LogP contribution in [0.25, 0.3) is 0 Å². The Morgan fingerprint density at radius 3 is 1.39 bits per heavy atom. The smallest absolute Gasteiger partial charge is 0.316 e. The average Bonchev–Trinajstić information content (AvgIpc) is 2.99. The molecule has 0 aromatic carbocycles. The van der Waals surface area contributed by atoms with Crippen LogP contribution in [0.2, 0.25) is 102 Å². The summed E-state index contributed by atoms with van der Waals surface area (Å²) >= 11 is 0. The highest BCUT2D eigenvalue weighted by atomic mass is 28.5. The number of hydrogen-bond acceptors (Lipinski definition) is 15. The van der Waals surface area contributed by atoms with Crippen molar-refractivity contribution in [2.75, 3.05) is 0 Å². The zero-order valence-electron chi connectivity index (χ0n) is 32.7. The standard InChI is InChI=1S/C20H68O15Si16/c1-39-24-42(4)30-49(31-43(5)25-39)18-15-36-21-38-23-48(22-37-16-19-50-32-44(6)26-40(2)27-45(7)33-50)17-13-11-12-14-20-51(10)34-46(8)28-41(3)29-47(9)35-51/h39-50H,11-20,36-38H2,1-10H3. The topological polar surface area (TPSA) is 138 Å². The van der Waals surface area contributed by atoms with Crippen LogP contribution < -0.4 is 0 Å². The number of hydrogen-bond donors (Lipinski definition) is 0. The van der Waals surface area contributed by atoms with E-state index in [1.54, 1.807) is 0 Å². The molecule has 0 amide bonds. The Hall–Kier alpha value is 2.87. The SMILES string of the molecule is C[SiH]1O[SiH](C)O[SiH](CC[SiH2]O[SiH2]O[SiH](CCCCCC[Si]2(C)O[SiH](C)O[SiH](C)O[SiH](C)O2)O[SiH2]CC[SiH]2O[SiH](C)O[SiH](C)O[SiH](C)O2)O[SiH](C)O1. The molecule has 0 aromatic rings. The molecule has 3 rings (SSSR count). The van der Waals surface area contributed by atoms with Gasteiger partial charge in [0.1, 0.15) is 19.5 Å². The Balaban J connectivity index is 1.39. The van der Waals surface area contributed by atoms with Gasteiger partial charge in [-0.05, 0) is 102 Å². The lowest BCUT2D eigenvalue weighted by molar-refractivity contribution is 0.273. The molecular formula is C20H68O15Si16. The third kappa shape index (κ3) is 22.0. The Labute approximate surface area is 336 Å². The second-order valence-corrected chi connectivity index (χ2v) is 50.3. The quantitative estimate of drug-likeness (QED) is 0.107. The highest BCUT2D eigenvalue weighted by Crippen LogP contribution is 2.24. The van der Waals surface area contributed by atoms with E-state index in [1.807, 2.05) is 0 Å². The van der Waals surface area contributed by atoms with E-state index in [-0.39, 0.29) is 0 Å². The van der Waals surface area contributed by atoms with E-state index in [0.29, 0.717) is 0 Å². The van der Waals surface area contributed by atoms with Gasteiger partial charge in [-0.15, -0.1) is 0 Å². The van der Waals surface area contributed by atoms with Crippen LogP contribution in [0.3, 0.4) is 0 Å². The van der Waals surface area contributed by atoms with Crippen LogP contribution in [0.4, 0.5) is 0 Å². The summed E-state index contributed by atoms with van der Waals surface area (Å²) in [4.78, 5) is 0. The van der Waals surface area contributed by atoms with Gasteiger partial charge < -0.3 is 61.7 Å². The predicted octanol–water partition coefficient (Wildman–Crippen LogP) is -1.77. The van der Waals surface area contributed by atoms with Crippen LogP contribution in [-0.4, -0.2) is 149 Å². The van der Waals surface area contributed by atoms with Gasteiger partial charge in [0, 0.05) is 0 Å². The Bertz CT molecular complexity index is 894. The highest BCUT2D eigenvalue weighted by molar-refractivity contribution is 6.81. The van der Waals surface area contributed by atoms with Gasteiger partial charge in [0.2, 0.25) is 0 Å². The summed E-state index contributed by atoms with van der Waals surface area (Å²) in [7, 11) is -24.9. The lowest BCUT2D eigenvalue weighted by atomic mass is 10.2. The van der Waals surface area contributed by atoms with E-state index in [2.05, 4.69) is 65.5 Å². The summed E-state index contributed by atoms with van der Waals surface area (Å²) in [5.41, 5.74) is 0. The van der Waals surface area contributed by atoms with Gasteiger partial charge in [0.15, 0.2) is 0 Å². The van der Waals surface area contributed by atoms with Gasteiger partial charge >= 0.3 is 36.4 Å². The van der Waals surface area contributed by atoms with Gasteiger partial charge in [0.25, 0.3) is 93.6 Å². The fraction of sp³-hybridized carbons (Fsp3) is 1.00. The minimum absolute atomic E-state index is 0.683. The Morgan fingerprint density at radius 2 is 0.902 bits per heavy atom. The van der Waals surface area contributed by atoms with Crippen LogP contribution in [0.15, 0.2) is 0 Å². The van der Waals surface area contributed by atoms with Crippen molar-refractivity contribution in [3.05, 3.63) is 0 Å². The minimum atomic E-state index is -2.26. The molecule has 3 fully saturated rings. The van der Waals surface area contributed by atoms with E-state index in [9.17, 15) is 0 Å². The van der Waals surface area contributed by atoms with E-state index >= 15 is 0 Å². The number of rotatable bonds is 19. The molecular weight excluding hydrogens is 930 g/mol. The van der Waals surface area contributed by atoms with Gasteiger partial charge in [-0.1, -0.05) is 25.7 Å². The van der Waals surface area contributed by atoms with Crippen LogP contribution in [-0.2, 0) is 61.7 Å². The maximum atomic E-state index is 6.60.